The van der Waals surface area contributed by atoms with Crippen LogP contribution in [0.2, 0.25) is 0 Å². The van der Waals surface area contributed by atoms with Crippen LogP contribution in [0.3, 0.4) is 0 Å². The first kappa shape index (κ1) is 19.0. The van der Waals surface area contributed by atoms with Crippen molar-refractivity contribution in [1.82, 2.24) is 10.6 Å². The zero-order valence-electron chi connectivity index (χ0n) is 14.1. The summed E-state index contributed by atoms with van der Waals surface area (Å²) in [6, 6.07) is 7.71. The predicted molar refractivity (Wildman–Crippen MR) is 90.3 cm³/mol. The van der Waals surface area contributed by atoms with E-state index in [1.165, 1.54) is 7.11 Å². The number of benzene rings is 1. The largest absolute Gasteiger partial charge is 0.491 e. The summed E-state index contributed by atoms with van der Waals surface area (Å²) in [4.78, 5) is 11.1. The number of hydrogen-bond donors (Lipinski definition) is 3. The van der Waals surface area contributed by atoms with Gasteiger partial charge in [-0.2, -0.15) is 0 Å². The highest BCUT2D eigenvalue weighted by Gasteiger charge is 2.06. The molecule has 0 aromatic heterocycles. The number of carbonyl (C=O) groups excluding carboxylic acids is 1. The molecule has 0 heterocycles. The van der Waals surface area contributed by atoms with Gasteiger partial charge in [-0.25, -0.2) is 4.79 Å². The molecule has 6 nitrogen and oxygen atoms in total. The molecule has 0 aliphatic carbocycles. The Morgan fingerprint density at radius 2 is 1.96 bits per heavy atom. The smallest absolute Gasteiger partial charge is 0.411 e. The Balaban J connectivity index is 2.47. The van der Waals surface area contributed by atoms with Gasteiger partial charge in [-0.1, -0.05) is 26.0 Å². The third-order valence-electron chi connectivity index (χ3n) is 2.95. The molecule has 0 spiro atoms. The highest BCUT2D eigenvalue weighted by Crippen LogP contribution is 2.14. The van der Waals surface area contributed by atoms with E-state index >= 15 is 0 Å². The van der Waals surface area contributed by atoms with Gasteiger partial charge in [0.2, 0.25) is 0 Å². The van der Waals surface area contributed by atoms with Crippen molar-refractivity contribution in [2.24, 2.45) is 0 Å². The van der Waals surface area contributed by atoms with Crippen molar-refractivity contribution in [3.63, 3.8) is 0 Å². The van der Waals surface area contributed by atoms with Crippen molar-refractivity contribution >= 4 is 12.2 Å². The number of ether oxygens (including phenoxy) is 2. The molecule has 0 aliphatic heterocycles. The van der Waals surface area contributed by atoms with E-state index in [4.69, 9.17) is 4.74 Å². The Morgan fingerprint density at radius 1 is 1.30 bits per heavy atom. The topological polar surface area (TPSA) is 79.8 Å². The third kappa shape index (κ3) is 8.23. The molecule has 1 rings (SSSR count). The molecule has 1 atom stereocenters. The summed E-state index contributed by atoms with van der Waals surface area (Å²) in [5, 5.41) is 15.5. The minimum Gasteiger partial charge on any atom is -0.491 e. The molecule has 0 saturated heterocycles. The van der Waals surface area contributed by atoms with E-state index in [0.29, 0.717) is 24.0 Å². The quantitative estimate of drug-likeness (QED) is 0.683. The van der Waals surface area contributed by atoms with Crippen LogP contribution in [0.5, 0.6) is 5.75 Å². The Bertz CT molecular complexity index is 512. The van der Waals surface area contributed by atoms with E-state index in [0.717, 1.165) is 5.56 Å². The number of hydrogen-bond acceptors (Lipinski definition) is 5. The Hall–Kier alpha value is -2.05. The number of rotatable bonds is 8. The van der Waals surface area contributed by atoms with Crippen LogP contribution in [0.15, 0.2) is 30.0 Å². The van der Waals surface area contributed by atoms with Crippen LogP contribution in [0.4, 0.5) is 4.79 Å². The van der Waals surface area contributed by atoms with Crippen LogP contribution < -0.4 is 15.4 Å². The summed E-state index contributed by atoms with van der Waals surface area (Å²) in [6.07, 6.45) is 0.772. The first-order chi connectivity index (χ1) is 10.9. The molecule has 128 valence electrons. The molecule has 1 aromatic carbocycles. The molecule has 0 aliphatic rings. The highest BCUT2D eigenvalue weighted by molar-refractivity contribution is 5.71. The lowest BCUT2D eigenvalue weighted by Gasteiger charge is -2.15. The second-order valence-electron chi connectivity index (χ2n) is 5.54. The minimum absolute atomic E-state index is 0.234. The first-order valence-electron chi connectivity index (χ1n) is 7.58. The van der Waals surface area contributed by atoms with Gasteiger partial charge in [0.25, 0.3) is 0 Å². The van der Waals surface area contributed by atoms with Crippen LogP contribution in [0.25, 0.3) is 6.08 Å². The maximum absolute atomic E-state index is 11.1. The summed E-state index contributed by atoms with van der Waals surface area (Å²) in [7, 11) is 1.32. The average Bonchev–Trinajstić information content (AvgIpc) is 2.51. The lowest BCUT2D eigenvalue weighted by atomic mass is 10.2. The van der Waals surface area contributed by atoms with Crippen LogP contribution in [0.1, 0.15) is 26.3 Å². The molecule has 0 saturated carbocycles. The molecule has 23 heavy (non-hydrogen) atoms. The lowest BCUT2D eigenvalue weighted by molar-refractivity contribution is 0.104. The second-order valence-corrected chi connectivity index (χ2v) is 5.54. The number of allylic oxidation sites excluding steroid dienone is 1. The molecule has 0 fully saturated rings. The van der Waals surface area contributed by atoms with E-state index < -0.39 is 12.2 Å². The van der Waals surface area contributed by atoms with Crippen LogP contribution in [-0.4, -0.2) is 43.6 Å². The maximum atomic E-state index is 11.1. The highest BCUT2D eigenvalue weighted by atomic mass is 16.5. The van der Waals surface area contributed by atoms with Crippen LogP contribution in [-0.2, 0) is 4.74 Å². The van der Waals surface area contributed by atoms with E-state index in [1.54, 1.807) is 6.92 Å². The van der Waals surface area contributed by atoms with E-state index in [1.807, 2.05) is 44.2 Å². The van der Waals surface area contributed by atoms with Crippen molar-refractivity contribution in [2.45, 2.75) is 32.9 Å². The van der Waals surface area contributed by atoms with Crippen molar-refractivity contribution < 1.29 is 19.4 Å². The normalized spacial score (nSPS) is 12.9. The van der Waals surface area contributed by atoms with E-state index in [-0.39, 0.29) is 6.61 Å². The Morgan fingerprint density at radius 3 is 2.52 bits per heavy atom. The van der Waals surface area contributed by atoms with Crippen molar-refractivity contribution in [3.05, 3.63) is 35.5 Å². The zero-order valence-corrected chi connectivity index (χ0v) is 14.1. The molecular weight excluding hydrogens is 296 g/mol. The van der Waals surface area contributed by atoms with Crippen molar-refractivity contribution in [1.29, 1.82) is 0 Å². The van der Waals surface area contributed by atoms with Gasteiger partial charge in [-0.3, -0.25) is 5.32 Å². The summed E-state index contributed by atoms with van der Waals surface area (Å²) in [5.74, 6) is 0.685. The molecule has 1 unspecified atom stereocenters. The summed E-state index contributed by atoms with van der Waals surface area (Å²) < 4.78 is 10.1. The fraction of sp³-hybridized carbons (Fsp3) is 0.471. The maximum Gasteiger partial charge on any atom is 0.411 e. The fourth-order valence-corrected chi connectivity index (χ4v) is 1.78. The van der Waals surface area contributed by atoms with Gasteiger partial charge in [-0.15, -0.1) is 0 Å². The number of aliphatic hydroxyl groups is 1. The average molecular weight is 322 g/mol. The van der Waals surface area contributed by atoms with Gasteiger partial charge in [0.15, 0.2) is 0 Å². The monoisotopic (exact) mass is 322 g/mol. The predicted octanol–water partition coefficient (Wildman–Crippen LogP) is 2.14. The SMILES string of the molecule is COC(=O)N/C(C)=C/c1ccc(OCC(O)CNC(C)C)cc1. The van der Waals surface area contributed by atoms with Crippen molar-refractivity contribution in [3.8, 4) is 5.75 Å². The van der Waals surface area contributed by atoms with Crippen molar-refractivity contribution in [2.75, 3.05) is 20.3 Å². The number of alkyl carbamates (subject to hydrolysis) is 1. The third-order valence-corrected chi connectivity index (χ3v) is 2.95. The minimum atomic E-state index is -0.552. The zero-order chi connectivity index (χ0) is 17.2. The van der Waals surface area contributed by atoms with Crippen LogP contribution in [0, 0.1) is 0 Å². The molecule has 1 aromatic rings. The number of carbonyl (C=O) groups is 1. The Kier molecular flexibility index (Phi) is 8.15. The molecule has 0 radical (unpaired) electrons. The number of amides is 1. The number of methoxy groups -OCH3 is 1. The van der Waals surface area contributed by atoms with E-state index in [2.05, 4.69) is 15.4 Å². The molecular formula is C17H26N2O4. The number of aliphatic hydroxyl groups excluding tert-OH is 1. The van der Waals surface area contributed by atoms with Gasteiger partial charge in [0.1, 0.15) is 18.5 Å². The molecule has 0 bridgehead atoms. The van der Waals surface area contributed by atoms with Gasteiger partial charge < -0.3 is 19.9 Å². The standard InChI is InChI=1S/C17H26N2O4/c1-12(2)18-10-15(20)11-23-16-7-5-14(6-8-16)9-13(3)19-17(21)22-4/h5-9,12,15,18,20H,10-11H2,1-4H3,(H,19,21)/b13-9+. The summed E-state index contributed by atoms with van der Waals surface area (Å²) in [6.45, 7) is 6.56. The van der Waals surface area contributed by atoms with Gasteiger partial charge >= 0.3 is 6.09 Å². The Labute approximate surface area is 137 Å². The van der Waals surface area contributed by atoms with Gasteiger partial charge in [0.05, 0.1) is 7.11 Å². The molecule has 6 heteroatoms. The summed E-state index contributed by atoms with van der Waals surface area (Å²) in [5.41, 5.74) is 1.61. The molecule has 1 amide bonds. The van der Waals surface area contributed by atoms with E-state index in [9.17, 15) is 9.90 Å². The van der Waals surface area contributed by atoms with Gasteiger partial charge in [0, 0.05) is 18.3 Å². The lowest BCUT2D eigenvalue weighted by Crippen LogP contribution is -2.35. The molecule has 3 N–H and O–H groups in total. The first-order valence-corrected chi connectivity index (χ1v) is 7.58. The second kappa shape index (κ2) is 9.86. The number of nitrogens with one attached hydrogen (secondary N) is 2. The summed E-state index contributed by atoms with van der Waals surface area (Å²) >= 11 is 0. The van der Waals surface area contributed by atoms with Gasteiger partial charge in [-0.05, 0) is 30.7 Å². The fourth-order valence-electron chi connectivity index (χ4n) is 1.78. The van der Waals surface area contributed by atoms with Crippen LogP contribution >= 0.6 is 0 Å².